The molecule has 0 N–H and O–H groups in total. The highest BCUT2D eigenvalue weighted by molar-refractivity contribution is 7.16. The third-order valence-corrected chi connectivity index (χ3v) is 5.50. The first-order valence-corrected chi connectivity index (χ1v) is 9.79. The van der Waals surface area contributed by atoms with Crippen LogP contribution in [0.15, 0.2) is 35.3 Å². The number of thiazole rings is 1. The lowest BCUT2D eigenvalue weighted by molar-refractivity contribution is -0.143. The zero-order valence-electron chi connectivity index (χ0n) is 15.1. The molecule has 1 aliphatic heterocycles. The van der Waals surface area contributed by atoms with Crippen LogP contribution >= 0.6 is 22.9 Å². The van der Waals surface area contributed by atoms with Crippen LogP contribution in [0.4, 0.5) is 4.39 Å². The standard InChI is InChI=1S/C19H14ClFN2O5S/c1-2-26-16(24)8-23-12-6-13-14(28-9-27-13)7-15(12)29-19(23)22-18(25)17-10(20)4-3-5-11(17)21/h3-7H,2,8-9H2,1H3. The van der Waals surface area contributed by atoms with Gasteiger partial charge in [-0.2, -0.15) is 4.99 Å². The van der Waals surface area contributed by atoms with E-state index in [1.54, 1.807) is 19.1 Å². The maximum atomic E-state index is 14.1. The number of carbonyl (C=O) groups is 2. The van der Waals surface area contributed by atoms with E-state index in [0.29, 0.717) is 21.7 Å². The molecule has 29 heavy (non-hydrogen) atoms. The number of rotatable bonds is 4. The molecule has 2 heterocycles. The van der Waals surface area contributed by atoms with Crippen LogP contribution in [-0.2, 0) is 16.1 Å². The topological polar surface area (TPSA) is 79.1 Å². The number of benzene rings is 2. The van der Waals surface area contributed by atoms with Gasteiger partial charge in [0.05, 0.1) is 27.4 Å². The number of fused-ring (bicyclic) bond motifs is 2. The van der Waals surface area contributed by atoms with Gasteiger partial charge in [0.1, 0.15) is 12.4 Å². The minimum Gasteiger partial charge on any atom is -0.465 e. The molecule has 0 saturated carbocycles. The van der Waals surface area contributed by atoms with Gasteiger partial charge in [-0.25, -0.2) is 4.39 Å². The van der Waals surface area contributed by atoms with E-state index in [9.17, 15) is 14.0 Å². The third kappa shape index (κ3) is 3.70. The van der Waals surface area contributed by atoms with Crippen LogP contribution in [0.3, 0.4) is 0 Å². The van der Waals surface area contributed by atoms with E-state index in [4.69, 9.17) is 25.8 Å². The first-order valence-electron chi connectivity index (χ1n) is 8.59. The normalized spacial score (nSPS) is 13.1. The number of esters is 1. The molecule has 0 unspecified atom stereocenters. The summed E-state index contributed by atoms with van der Waals surface area (Å²) in [5, 5.41) is -0.0439. The first-order chi connectivity index (χ1) is 14.0. The van der Waals surface area contributed by atoms with E-state index in [1.807, 2.05) is 0 Å². The molecule has 10 heteroatoms. The number of halogens is 2. The van der Waals surface area contributed by atoms with E-state index < -0.39 is 17.7 Å². The van der Waals surface area contributed by atoms with Crippen LogP contribution in [0.25, 0.3) is 10.2 Å². The van der Waals surface area contributed by atoms with Gasteiger partial charge in [-0.3, -0.25) is 9.59 Å². The molecule has 0 fully saturated rings. The van der Waals surface area contributed by atoms with Crippen LogP contribution in [0.1, 0.15) is 17.3 Å². The van der Waals surface area contributed by atoms with Crippen LogP contribution in [0.5, 0.6) is 11.5 Å². The molecule has 150 valence electrons. The second kappa shape index (κ2) is 7.84. The molecule has 1 amide bonds. The lowest BCUT2D eigenvalue weighted by Gasteiger charge is -2.06. The van der Waals surface area contributed by atoms with Crippen molar-refractivity contribution in [3.05, 3.63) is 51.5 Å². The van der Waals surface area contributed by atoms with Gasteiger partial charge in [0, 0.05) is 12.1 Å². The molecule has 0 radical (unpaired) electrons. The van der Waals surface area contributed by atoms with Crippen molar-refractivity contribution < 1.29 is 28.2 Å². The molecule has 0 bridgehead atoms. The number of aromatic nitrogens is 1. The van der Waals surface area contributed by atoms with Gasteiger partial charge in [-0.1, -0.05) is 29.0 Å². The summed E-state index contributed by atoms with van der Waals surface area (Å²) in [4.78, 5) is 29.0. The van der Waals surface area contributed by atoms with Crippen LogP contribution in [-0.4, -0.2) is 29.8 Å². The van der Waals surface area contributed by atoms with E-state index in [1.165, 1.54) is 16.7 Å². The predicted octanol–water partition coefficient (Wildman–Crippen LogP) is 3.53. The summed E-state index contributed by atoms with van der Waals surface area (Å²) in [7, 11) is 0. The highest BCUT2D eigenvalue weighted by atomic mass is 35.5. The zero-order chi connectivity index (χ0) is 20.5. The number of nitrogens with zero attached hydrogens (tertiary/aromatic N) is 2. The van der Waals surface area contributed by atoms with Crippen molar-refractivity contribution in [2.75, 3.05) is 13.4 Å². The summed E-state index contributed by atoms with van der Waals surface area (Å²) in [6.45, 7) is 1.84. The molecule has 2 aromatic carbocycles. The molecular formula is C19H14ClFN2O5S. The van der Waals surface area contributed by atoms with Crippen LogP contribution in [0, 0.1) is 5.82 Å². The quantitative estimate of drug-likeness (QED) is 0.584. The van der Waals surface area contributed by atoms with Crippen molar-refractivity contribution in [2.45, 2.75) is 13.5 Å². The van der Waals surface area contributed by atoms with Gasteiger partial charge in [-0.05, 0) is 19.1 Å². The summed E-state index contributed by atoms with van der Waals surface area (Å²) in [5.41, 5.74) is 0.280. The minimum absolute atomic E-state index is 0.0439. The number of amides is 1. The molecule has 4 rings (SSSR count). The van der Waals surface area contributed by atoms with Gasteiger partial charge < -0.3 is 18.8 Å². The summed E-state index contributed by atoms with van der Waals surface area (Å²) in [6.07, 6.45) is 0. The van der Waals surface area contributed by atoms with Crippen molar-refractivity contribution in [3.63, 3.8) is 0 Å². The fraction of sp³-hybridized carbons (Fsp3) is 0.211. The summed E-state index contributed by atoms with van der Waals surface area (Å²) >= 11 is 7.12. The number of carbonyl (C=O) groups excluding carboxylic acids is 2. The van der Waals surface area contributed by atoms with Crippen LogP contribution in [0.2, 0.25) is 5.02 Å². The Labute approximate surface area is 172 Å². The van der Waals surface area contributed by atoms with Gasteiger partial charge >= 0.3 is 5.97 Å². The summed E-state index contributed by atoms with van der Waals surface area (Å²) in [6, 6.07) is 7.38. The minimum atomic E-state index is -0.850. The highest BCUT2D eigenvalue weighted by Gasteiger charge is 2.20. The Balaban J connectivity index is 1.87. The van der Waals surface area contributed by atoms with E-state index in [-0.39, 0.29) is 35.3 Å². The van der Waals surface area contributed by atoms with E-state index >= 15 is 0 Å². The fourth-order valence-corrected chi connectivity index (χ4v) is 4.16. The largest absolute Gasteiger partial charge is 0.465 e. The second-order valence-electron chi connectivity index (χ2n) is 5.96. The van der Waals surface area contributed by atoms with Crippen LogP contribution < -0.4 is 14.3 Å². The Hall–Kier alpha value is -2.91. The molecule has 0 saturated heterocycles. The van der Waals surface area contributed by atoms with Gasteiger partial charge in [-0.15, -0.1) is 0 Å². The second-order valence-corrected chi connectivity index (χ2v) is 7.38. The van der Waals surface area contributed by atoms with E-state index in [2.05, 4.69) is 4.99 Å². The van der Waals surface area contributed by atoms with Crippen molar-refractivity contribution in [1.82, 2.24) is 4.57 Å². The Kier molecular flexibility index (Phi) is 5.25. The molecule has 1 aliphatic rings. The van der Waals surface area contributed by atoms with Crippen molar-refractivity contribution >= 4 is 45.0 Å². The zero-order valence-corrected chi connectivity index (χ0v) is 16.7. The monoisotopic (exact) mass is 436 g/mol. The summed E-state index contributed by atoms with van der Waals surface area (Å²) in [5.74, 6) is -1.05. The molecule has 3 aromatic rings. The Morgan fingerprint density at radius 2 is 2.07 bits per heavy atom. The maximum absolute atomic E-state index is 14.1. The first kappa shape index (κ1) is 19.4. The fourth-order valence-electron chi connectivity index (χ4n) is 2.88. The lowest BCUT2D eigenvalue weighted by atomic mass is 10.2. The Morgan fingerprint density at radius 1 is 1.31 bits per heavy atom. The van der Waals surface area contributed by atoms with Crippen molar-refractivity contribution in [2.24, 2.45) is 4.99 Å². The summed E-state index contributed by atoms with van der Waals surface area (Å²) < 4.78 is 32.1. The predicted molar refractivity (Wildman–Crippen MR) is 104 cm³/mol. The molecule has 0 spiro atoms. The third-order valence-electron chi connectivity index (χ3n) is 4.14. The molecule has 7 nitrogen and oxygen atoms in total. The van der Waals surface area contributed by atoms with Crippen molar-refractivity contribution in [1.29, 1.82) is 0 Å². The lowest BCUT2D eigenvalue weighted by Crippen LogP contribution is -2.23. The smallest absolute Gasteiger partial charge is 0.326 e. The van der Waals surface area contributed by atoms with Gasteiger partial charge in [0.2, 0.25) is 6.79 Å². The number of hydrogen-bond acceptors (Lipinski definition) is 6. The van der Waals surface area contributed by atoms with E-state index in [0.717, 1.165) is 17.4 Å². The highest BCUT2D eigenvalue weighted by Crippen LogP contribution is 2.37. The average Bonchev–Trinajstić information content (AvgIpc) is 3.24. The average molecular weight is 437 g/mol. The maximum Gasteiger partial charge on any atom is 0.326 e. The molecule has 0 atom stereocenters. The van der Waals surface area contributed by atoms with Gasteiger partial charge in [0.15, 0.2) is 16.3 Å². The Bertz CT molecular complexity index is 1180. The number of ether oxygens (including phenoxy) is 3. The number of hydrogen-bond donors (Lipinski definition) is 0. The molecule has 0 aliphatic carbocycles. The molecular weight excluding hydrogens is 423 g/mol. The van der Waals surface area contributed by atoms with Gasteiger partial charge in [0.25, 0.3) is 5.91 Å². The SMILES string of the molecule is CCOC(=O)Cn1c(=NC(=O)c2c(F)cccc2Cl)sc2cc3c(cc21)OCO3. The molecule has 1 aromatic heterocycles. The Morgan fingerprint density at radius 3 is 2.79 bits per heavy atom. The van der Waals surface area contributed by atoms with Crippen molar-refractivity contribution in [3.8, 4) is 11.5 Å².